The topological polar surface area (TPSA) is 77.5 Å². The molecule has 2 heterocycles. The van der Waals surface area contributed by atoms with Gasteiger partial charge in [-0.15, -0.1) is 0 Å². The molecule has 0 radical (unpaired) electrons. The van der Waals surface area contributed by atoms with Gasteiger partial charge in [0.1, 0.15) is 11.7 Å². The highest BCUT2D eigenvalue weighted by atomic mass is 16.7. The van der Waals surface area contributed by atoms with Crippen molar-refractivity contribution in [1.82, 2.24) is 0 Å². The summed E-state index contributed by atoms with van der Waals surface area (Å²) in [6.07, 6.45) is -0.112. The number of anilines is 2. The second-order valence-corrected chi connectivity index (χ2v) is 8.83. The van der Waals surface area contributed by atoms with Crippen molar-refractivity contribution < 1.29 is 28.6 Å². The van der Waals surface area contributed by atoms with Gasteiger partial charge in [-0.25, -0.2) is 9.96 Å². The molecule has 0 aromatic heterocycles. The molecule has 2 fully saturated rings. The Labute approximate surface area is 216 Å². The van der Waals surface area contributed by atoms with Gasteiger partial charge in [0, 0.05) is 0 Å². The molecule has 3 aromatic carbocycles. The molecule has 0 aliphatic carbocycles. The summed E-state index contributed by atoms with van der Waals surface area (Å²) >= 11 is 0. The van der Waals surface area contributed by atoms with Gasteiger partial charge in [-0.3, -0.25) is 14.4 Å². The van der Waals surface area contributed by atoms with E-state index in [4.69, 9.17) is 19.0 Å². The van der Waals surface area contributed by atoms with E-state index in [1.54, 1.807) is 29.3 Å². The fourth-order valence-corrected chi connectivity index (χ4v) is 4.91. The van der Waals surface area contributed by atoms with Crippen LogP contribution in [0.25, 0.3) is 0 Å². The van der Waals surface area contributed by atoms with Gasteiger partial charge in [0.05, 0.1) is 37.7 Å². The molecule has 0 N–H and O–H groups in total. The Balaban J connectivity index is 1.59. The highest BCUT2D eigenvalue weighted by Crippen LogP contribution is 2.49. The molecule has 5 rings (SSSR count). The van der Waals surface area contributed by atoms with E-state index >= 15 is 0 Å². The summed E-state index contributed by atoms with van der Waals surface area (Å²) in [7, 11) is 1.51. The van der Waals surface area contributed by atoms with E-state index < -0.39 is 24.0 Å². The molecule has 0 spiro atoms. The maximum atomic E-state index is 13.9. The molecular weight excluding hydrogens is 472 g/mol. The zero-order chi connectivity index (χ0) is 25.9. The average Bonchev–Trinajstić information content (AvgIpc) is 3.44. The number of carbonyl (C=O) groups excluding carboxylic acids is 2. The van der Waals surface area contributed by atoms with Crippen LogP contribution in [-0.2, 0) is 14.4 Å². The Bertz CT molecular complexity index is 1280. The Morgan fingerprint density at radius 1 is 0.838 bits per heavy atom. The lowest BCUT2D eigenvalue weighted by atomic mass is 9.90. The molecule has 2 aliphatic rings. The summed E-state index contributed by atoms with van der Waals surface area (Å²) < 4.78 is 17.2. The molecule has 37 heavy (non-hydrogen) atoms. The Hall–Kier alpha value is -4.04. The number of methoxy groups -OCH3 is 1. The molecule has 0 unspecified atom stereocenters. The monoisotopic (exact) mass is 502 g/mol. The first kappa shape index (κ1) is 24.6. The molecular formula is C29H30N2O6. The van der Waals surface area contributed by atoms with Gasteiger partial charge in [-0.05, 0) is 55.3 Å². The van der Waals surface area contributed by atoms with Gasteiger partial charge in [0.15, 0.2) is 17.6 Å². The molecule has 3 aromatic rings. The van der Waals surface area contributed by atoms with Crippen LogP contribution in [0.2, 0.25) is 0 Å². The minimum absolute atomic E-state index is 0.341. The predicted molar refractivity (Wildman–Crippen MR) is 139 cm³/mol. The zero-order valence-electron chi connectivity index (χ0n) is 21.1. The average molecular weight is 503 g/mol. The number of fused-ring (bicyclic) bond motifs is 1. The Morgan fingerprint density at radius 3 is 2.32 bits per heavy atom. The Kier molecular flexibility index (Phi) is 7.01. The minimum atomic E-state index is -0.978. The van der Waals surface area contributed by atoms with Crippen LogP contribution in [0.3, 0.4) is 0 Å². The first-order chi connectivity index (χ1) is 18.1. The smallest absolute Gasteiger partial charge is 0.266 e. The molecule has 3 atom stereocenters. The van der Waals surface area contributed by atoms with Crippen LogP contribution in [0.5, 0.6) is 17.2 Å². The standard InChI is InChI=1S/C29H30N2O6/c1-4-17-36-23-16-15-19(18-24(23)35-5-2)26-25-27(37-31(26)20-11-7-6-8-12-20)29(33)30(28(25)32)21-13-9-10-14-22(21)34-3/h6-16,18,25-27H,4-5,17H2,1-3H3/t25-,26-,27-/m0/s1. The number of nitrogens with zero attached hydrogens (tertiary/aromatic N) is 2. The van der Waals surface area contributed by atoms with Crippen LogP contribution in [0.1, 0.15) is 31.9 Å². The zero-order valence-corrected chi connectivity index (χ0v) is 21.1. The van der Waals surface area contributed by atoms with E-state index in [0.29, 0.717) is 36.1 Å². The summed E-state index contributed by atoms with van der Waals surface area (Å²) in [5.41, 5.74) is 1.93. The number of rotatable bonds is 9. The largest absolute Gasteiger partial charge is 0.495 e. The van der Waals surface area contributed by atoms with E-state index in [1.165, 1.54) is 12.0 Å². The highest BCUT2D eigenvalue weighted by molar-refractivity contribution is 6.24. The number of hydrogen-bond acceptors (Lipinski definition) is 7. The van der Waals surface area contributed by atoms with E-state index in [0.717, 1.165) is 17.7 Å². The van der Waals surface area contributed by atoms with Gasteiger partial charge in [-0.1, -0.05) is 43.3 Å². The lowest BCUT2D eigenvalue weighted by Gasteiger charge is -2.29. The number of imide groups is 1. The molecule has 0 saturated carbocycles. The van der Waals surface area contributed by atoms with Crippen LogP contribution >= 0.6 is 0 Å². The second-order valence-electron chi connectivity index (χ2n) is 8.83. The van der Waals surface area contributed by atoms with Crippen LogP contribution in [-0.4, -0.2) is 38.2 Å². The number of hydroxylamine groups is 1. The molecule has 2 aliphatic heterocycles. The molecule has 8 nitrogen and oxygen atoms in total. The van der Waals surface area contributed by atoms with Crippen molar-refractivity contribution in [2.24, 2.45) is 5.92 Å². The van der Waals surface area contributed by atoms with E-state index in [2.05, 4.69) is 0 Å². The van der Waals surface area contributed by atoms with Gasteiger partial charge in [-0.2, -0.15) is 0 Å². The van der Waals surface area contributed by atoms with Crippen LogP contribution < -0.4 is 24.2 Å². The van der Waals surface area contributed by atoms with Crippen LogP contribution in [0.15, 0.2) is 72.8 Å². The maximum Gasteiger partial charge on any atom is 0.266 e. The molecule has 8 heteroatoms. The first-order valence-corrected chi connectivity index (χ1v) is 12.5. The third kappa shape index (κ3) is 4.38. The summed E-state index contributed by atoms with van der Waals surface area (Å²) in [5.74, 6) is 0.135. The van der Waals surface area contributed by atoms with E-state index in [-0.39, 0.29) is 5.91 Å². The molecule has 2 saturated heterocycles. The van der Waals surface area contributed by atoms with Gasteiger partial charge in [0.2, 0.25) is 5.91 Å². The van der Waals surface area contributed by atoms with Crippen molar-refractivity contribution in [3.63, 3.8) is 0 Å². The highest BCUT2D eigenvalue weighted by Gasteiger charge is 2.60. The SMILES string of the molecule is CCCOc1ccc([C@H]2[C@@H]3C(=O)N(c4ccccc4OC)C(=O)[C@H]3ON2c2ccccc2)cc1OCC. The Morgan fingerprint density at radius 2 is 1.59 bits per heavy atom. The van der Waals surface area contributed by atoms with Crippen molar-refractivity contribution in [2.45, 2.75) is 32.4 Å². The normalized spacial score (nSPS) is 20.8. The number of benzene rings is 3. The lowest BCUT2D eigenvalue weighted by Crippen LogP contribution is -2.37. The molecule has 2 amide bonds. The van der Waals surface area contributed by atoms with E-state index in [9.17, 15) is 9.59 Å². The number of hydrogen-bond donors (Lipinski definition) is 0. The second kappa shape index (κ2) is 10.5. The predicted octanol–water partition coefficient (Wildman–Crippen LogP) is 4.93. The number of para-hydroxylation sites is 3. The van der Waals surface area contributed by atoms with Crippen LogP contribution in [0, 0.1) is 5.92 Å². The number of amides is 2. The van der Waals surface area contributed by atoms with Crippen LogP contribution in [0.4, 0.5) is 11.4 Å². The van der Waals surface area contributed by atoms with Crippen molar-refractivity contribution >= 4 is 23.2 Å². The van der Waals surface area contributed by atoms with Gasteiger partial charge >= 0.3 is 0 Å². The number of ether oxygens (including phenoxy) is 3. The quantitative estimate of drug-likeness (QED) is 0.384. The first-order valence-electron chi connectivity index (χ1n) is 12.5. The van der Waals surface area contributed by atoms with Gasteiger partial charge in [0.25, 0.3) is 5.91 Å². The van der Waals surface area contributed by atoms with E-state index in [1.807, 2.05) is 62.4 Å². The molecule has 192 valence electrons. The summed E-state index contributed by atoms with van der Waals surface area (Å²) in [6.45, 7) is 4.97. The summed E-state index contributed by atoms with van der Waals surface area (Å²) in [4.78, 5) is 35.0. The third-order valence-electron chi connectivity index (χ3n) is 6.52. The van der Waals surface area contributed by atoms with Crippen molar-refractivity contribution in [2.75, 3.05) is 30.3 Å². The maximum absolute atomic E-state index is 13.9. The summed E-state index contributed by atoms with van der Waals surface area (Å²) in [5, 5.41) is 1.67. The van der Waals surface area contributed by atoms with Gasteiger partial charge < -0.3 is 14.2 Å². The van der Waals surface area contributed by atoms with Crippen molar-refractivity contribution in [3.05, 3.63) is 78.4 Å². The minimum Gasteiger partial charge on any atom is -0.495 e. The fourth-order valence-electron chi connectivity index (χ4n) is 4.91. The third-order valence-corrected chi connectivity index (χ3v) is 6.52. The van der Waals surface area contributed by atoms with Crippen molar-refractivity contribution in [1.29, 1.82) is 0 Å². The molecule has 0 bridgehead atoms. The van der Waals surface area contributed by atoms with Crippen molar-refractivity contribution in [3.8, 4) is 17.2 Å². The number of carbonyl (C=O) groups is 2. The summed E-state index contributed by atoms with van der Waals surface area (Å²) in [6, 6.07) is 21.5. The fraction of sp³-hybridized carbons (Fsp3) is 0.310. The lowest BCUT2D eigenvalue weighted by molar-refractivity contribution is -0.126.